The van der Waals surface area contributed by atoms with E-state index < -0.39 is 0 Å². The van der Waals surface area contributed by atoms with Gasteiger partial charge in [0.25, 0.3) is 0 Å². The molecule has 0 spiro atoms. The molecule has 0 aliphatic heterocycles. The molecule has 0 saturated heterocycles. The quantitative estimate of drug-likeness (QED) is 0.113. The molecule has 2 aliphatic rings. The first-order chi connectivity index (χ1) is 20.8. The van der Waals surface area contributed by atoms with Gasteiger partial charge in [0.05, 0.1) is 11.4 Å². The summed E-state index contributed by atoms with van der Waals surface area (Å²) < 4.78 is 0. The lowest BCUT2D eigenvalue weighted by Crippen LogP contribution is -1.96. The van der Waals surface area contributed by atoms with E-state index in [1.165, 1.54) is 140 Å². The summed E-state index contributed by atoms with van der Waals surface area (Å²) in [5, 5.41) is 8.93. The highest BCUT2D eigenvalue weighted by Crippen LogP contribution is 2.34. The monoisotopic (exact) mass is 566 g/mol. The standard InChI is InChI=1S/C38H54N4/c1(3-7-11-15-31-19-20-31)5-9-13-17-33-23-25-35(39-29-33)37-27-28-38(42-41-37)36-26-24-34(30-40-36)18-14-10-6-2-4-8-12-16-32-21-22-32/h23-32H,1-22H2. The van der Waals surface area contributed by atoms with E-state index in [9.17, 15) is 0 Å². The summed E-state index contributed by atoms with van der Waals surface area (Å²) in [5.74, 6) is 2.20. The lowest BCUT2D eigenvalue weighted by molar-refractivity contribution is 0.553. The van der Waals surface area contributed by atoms with Gasteiger partial charge in [-0.25, -0.2) is 0 Å². The van der Waals surface area contributed by atoms with Crippen molar-refractivity contribution in [2.24, 2.45) is 11.8 Å². The van der Waals surface area contributed by atoms with Crippen LogP contribution in [0.25, 0.3) is 22.8 Å². The average Bonchev–Trinajstić information content (AvgIpc) is 3.97. The van der Waals surface area contributed by atoms with Gasteiger partial charge in [0.2, 0.25) is 0 Å². The van der Waals surface area contributed by atoms with E-state index in [4.69, 9.17) is 0 Å². The van der Waals surface area contributed by atoms with Crippen molar-refractivity contribution < 1.29 is 0 Å². The number of aromatic nitrogens is 4. The molecule has 3 aromatic heterocycles. The fourth-order valence-electron chi connectivity index (χ4n) is 6.16. The van der Waals surface area contributed by atoms with E-state index in [1.807, 2.05) is 24.5 Å². The Morgan fingerprint density at radius 1 is 0.405 bits per heavy atom. The maximum atomic E-state index is 4.68. The van der Waals surface area contributed by atoms with Crippen LogP contribution in [-0.2, 0) is 12.8 Å². The second-order valence-corrected chi connectivity index (χ2v) is 13.3. The molecule has 2 saturated carbocycles. The Labute approximate surface area is 255 Å². The van der Waals surface area contributed by atoms with Gasteiger partial charge in [-0.15, -0.1) is 10.2 Å². The zero-order valence-corrected chi connectivity index (χ0v) is 26.1. The molecule has 226 valence electrons. The molecule has 5 rings (SSSR count). The Morgan fingerprint density at radius 2 is 0.762 bits per heavy atom. The van der Waals surface area contributed by atoms with Crippen LogP contribution in [0.15, 0.2) is 48.8 Å². The van der Waals surface area contributed by atoms with Crippen LogP contribution < -0.4 is 0 Å². The number of nitrogens with zero attached hydrogens (tertiary/aromatic N) is 4. The normalized spacial score (nSPS) is 14.9. The predicted octanol–water partition coefficient (Wildman–Crippen LogP) is 10.7. The van der Waals surface area contributed by atoms with Crippen LogP contribution in [0.2, 0.25) is 0 Å². The second kappa shape index (κ2) is 17.5. The van der Waals surface area contributed by atoms with E-state index in [-0.39, 0.29) is 0 Å². The van der Waals surface area contributed by atoms with Crippen molar-refractivity contribution in [3.63, 3.8) is 0 Å². The lowest BCUT2D eigenvalue weighted by atomic mass is 10.0. The fraction of sp³-hybridized carbons (Fsp3) is 0.632. The van der Waals surface area contributed by atoms with Gasteiger partial charge in [-0.1, -0.05) is 128 Å². The first-order valence-electron chi connectivity index (χ1n) is 17.6. The second-order valence-electron chi connectivity index (χ2n) is 13.3. The summed E-state index contributed by atoms with van der Waals surface area (Å²) in [7, 11) is 0. The molecule has 0 radical (unpaired) electrons. The molecule has 0 atom stereocenters. The molecule has 3 aromatic rings. The SMILES string of the molecule is c1cc(-c2ccc(-c3ccc(CCCCCCCCCC4CC4)cn3)nn2)ncc1CCCCCCCCCC1CC1. The maximum Gasteiger partial charge on any atom is 0.111 e. The van der Waals surface area contributed by atoms with E-state index in [0.717, 1.165) is 47.5 Å². The van der Waals surface area contributed by atoms with Gasteiger partial charge in [0, 0.05) is 12.4 Å². The summed E-state index contributed by atoms with van der Waals surface area (Å²) in [6.45, 7) is 0. The van der Waals surface area contributed by atoms with Gasteiger partial charge in [0.1, 0.15) is 11.4 Å². The summed E-state index contributed by atoms with van der Waals surface area (Å²) in [6.07, 6.45) is 34.6. The van der Waals surface area contributed by atoms with E-state index in [0.29, 0.717) is 0 Å². The molecule has 2 fully saturated rings. The molecule has 4 nitrogen and oxygen atoms in total. The van der Waals surface area contributed by atoms with Crippen LogP contribution in [0, 0.1) is 11.8 Å². The smallest absolute Gasteiger partial charge is 0.111 e. The third-order valence-electron chi connectivity index (χ3n) is 9.39. The van der Waals surface area contributed by atoms with Crippen LogP contribution in [0.5, 0.6) is 0 Å². The Morgan fingerprint density at radius 3 is 1.10 bits per heavy atom. The topological polar surface area (TPSA) is 51.6 Å². The molecule has 2 aliphatic carbocycles. The molecule has 42 heavy (non-hydrogen) atoms. The van der Waals surface area contributed by atoms with E-state index in [2.05, 4.69) is 44.4 Å². The van der Waals surface area contributed by atoms with Gasteiger partial charge in [-0.2, -0.15) is 0 Å². The highest BCUT2D eigenvalue weighted by Gasteiger charge is 2.20. The Kier molecular flexibility index (Phi) is 12.8. The van der Waals surface area contributed by atoms with Crippen molar-refractivity contribution in [1.29, 1.82) is 0 Å². The maximum absolute atomic E-state index is 4.68. The molecule has 0 unspecified atom stereocenters. The van der Waals surface area contributed by atoms with Crippen molar-refractivity contribution in [3.05, 3.63) is 59.9 Å². The van der Waals surface area contributed by atoms with Gasteiger partial charge in [-0.05, 0) is 72.9 Å². The molecule has 0 amide bonds. The third-order valence-corrected chi connectivity index (χ3v) is 9.39. The highest BCUT2D eigenvalue weighted by atomic mass is 15.1. The number of aryl methyl sites for hydroxylation is 2. The van der Waals surface area contributed by atoms with E-state index >= 15 is 0 Å². The lowest BCUT2D eigenvalue weighted by Gasteiger charge is -2.06. The molecule has 0 N–H and O–H groups in total. The minimum absolute atomic E-state index is 0.812. The summed E-state index contributed by atoms with van der Waals surface area (Å²) in [5.41, 5.74) is 6.02. The Balaban J connectivity index is 0.940. The first kappa shape index (κ1) is 30.8. The van der Waals surface area contributed by atoms with Crippen molar-refractivity contribution in [1.82, 2.24) is 20.2 Å². The Bertz CT molecular complexity index is 1040. The van der Waals surface area contributed by atoms with Crippen LogP contribution in [-0.4, -0.2) is 20.2 Å². The molecule has 3 heterocycles. The van der Waals surface area contributed by atoms with Crippen molar-refractivity contribution in [2.45, 2.75) is 141 Å². The van der Waals surface area contributed by atoms with Crippen molar-refractivity contribution >= 4 is 0 Å². The predicted molar refractivity (Wildman–Crippen MR) is 175 cm³/mol. The van der Waals surface area contributed by atoms with Crippen LogP contribution in [0.1, 0.15) is 140 Å². The number of pyridine rings is 2. The first-order valence-corrected chi connectivity index (χ1v) is 17.6. The number of hydrogen-bond donors (Lipinski definition) is 0. The minimum atomic E-state index is 0.812. The average molecular weight is 567 g/mol. The molecule has 0 aromatic carbocycles. The van der Waals surface area contributed by atoms with Crippen molar-refractivity contribution in [3.8, 4) is 22.8 Å². The minimum Gasteiger partial charge on any atom is -0.254 e. The fourth-order valence-corrected chi connectivity index (χ4v) is 6.16. The molecular weight excluding hydrogens is 512 g/mol. The zero-order valence-electron chi connectivity index (χ0n) is 26.1. The third kappa shape index (κ3) is 11.6. The van der Waals surface area contributed by atoms with Crippen LogP contribution in [0.3, 0.4) is 0 Å². The molecule has 0 bridgehead atoms. The van der Waals surface area contributed by atoms with Crippen molar-refractivity contribution in [2.75, 3.05) is 0 Å². The molecule has 4 heteroatoms. The number of rotatable bonds is 22. The summed E-state index contributed by atoms with van der Waals surface area (Å²) in [4.78, 5) is 9.36. The highest BCUT2D eigenvalue weighted by molar-refractivity contribution is 5.59. The summed E-state index contributed by atoms with van der Waals surface area (Å²) in [6, 6.07) is 12.6. The van der Waals surface area contributed by atoms with Crippen LogP contribution in [0.4, 0.5) is 0 Å². The molecular formula is C38H54N4. The van der Waals surface area contributed by atoms with Gasteiger partial charge >= 0.3 is 0 Å². The van der Waals surface area contributed by atoms with Crippen LogP contribution >= 0.6 is 0 Å². The zero-order chi connectivity index (χ0) is 28.7. The Hall–Kier alpha value is -2.62. The summed E-state index contributed by atoms with van der Waals surface area (Å²) >= 11 is 0. The van der Waals surface area contributed by atoms with Gasteiger partial charge in [0.15, 0.2) is 0 Å². The van der Waals surface area contributed by atoms with Gasteiger partial charge in [-0.3, -0.25) is 9.97 Å². The van der Waals surface area contributed by atoms with Gasteiger partial charge < -0.3 is 0 Å². The number of unbranched alkanes of at least 4 members (excludes halogenated alkanes) is 12. The van der Waals surface area contributed by atoms with E-state index in [1.54, 1.807) is 0 Å². The largest absolute Gasteiger partial charge is 0.254 e. The number of hydrogen-bond acceptors (Lipinski definition) is 4.